The van der Waals surface area contributed by atoms with E-state index in [0.29, 0.717) is 6.61 Å². The Morgan fingerprint density at radius 1 is 1.73 bits per heavy atom. The molecule has 1 aromatic heterocycles. The van der Waals surface area contributed by atoms with Gasteiger partial charge in [0.05, 0.1) is 24.8 Å². The van der Waals surface area contributed by atoms with Crippen LogP contribution in [-0.2, 0) is 4.74 Å². The molecule has 2 heterocycles. The lowest BCUT2D eigenvalue weighted by molar-refractivity contribution is 0.107. The number of hydrogen-bond donors (Lipinski definition) is 2. The highest BCUT2D eigenvalue weighted by Gasteiger charge is 2.24. The highest BCUT2D eigenvalue weighted by molar-refractivity contribution is 5.02. The van der Waals surface area contributed by atoms with Crippen LogP contribution in [0.5, 0.6) is 0 Å². The fraction of sp³-hybridized carbons (Fsp3) is 0.571. The van der Waals surface area contributed by atoms with Crippen LogP contribution in [0.3, 0.4) is 0 Å². The number of nitrogens with zero attached hydrogens (tertiary/aromatic N) is 1. The van der Waals surface area contributed by atoms with E-state index < -0.39 is 0 Å². The second-order valence-electron chi connectivity index (χ2n) is 2.82. The number of H-pyrrole nitrogens is 1. The summed E-state index contributed by atoms with van der Waals surface area (Å²) in [5.74, 6) is 0. The lowest BCUT2D eigenvalue weighted by Gasteiger charge is -2.04. The van der Waals surface area contributed by atoms with E-state index in [4.69, 9.17) is 10.5 Å². The highest BCUT2D eigenvalue weighted by Crippen LogP contribution is 2.25. The van der Waals surface area contributed by atoms with Crippen molar-refractivity contribution in [2.75, 3.05) is 6.61 Å². The minimum absolute atomic E-state index is 0.132. The van der Waals surface area contributed by atoms with Crippen molar-refractivity contribution in [2.24, 2.45) is 5.73 Å². The molecule has 0 bridgehead atoms. The van der Waals surface area contributed by atoms with Crippen LogP contribution in [0.1, 0.15) is 18.2 Å². The van der Waals surface area contributed by atoms with E-state index in [1.54, 1.807) is 12.5 Å². The zero-order valence-electron chi connectivity index (χ0n) is 6.16. The summed E-state index contributed by atoms with van der Waals surface area (Å²) in [6.07, 6.45) is 4.46. The lowest BCUT2D eigenvalue weighted by atomic mass is 10.1. The monoisotopic (exact) mass is 153 g/mol. The first-order valence-corrected chi connectivity index (χ1v) is 3.71. The number of aromatic amines is 1. The Morgan fingerprint density at radius 2 is 2.64 bits per heavy atom. The molecule has 1 aliphatic heterocycles. The number of rotatable bonds is 1. The smallest absolute Gasteiger partial charge is 0.100 e. The summed E-state index contributed by atoms with van der Waals surface area (Å²) >= 11 is 0. The molecule has 0 unspecified atom stereocenters. The zero-order valence-corrected chi connectivity index (χ0v) is 6.16. The van der Waals surface area contributed by atoms with Crippen LogP contribution in [0.25, 0.3) is 0 Å². The summed E-state index contributed by atoms with van der Waals surface area (Å²) in [6.45, 7) is 0.656. The van der Waals surface area contributed by atoms with Crippen LogP contribution in [0, 0.1) is 0 Å². The molecule has 0 aromatic carbocycles. The van der Waals surface area contributed by atoms with Crippen LogP contribution >= 0.6 is 0 Å². The van der Waals surface area contributed by atoms with E-state index in [1.165, 1.54) is 0 Å². The molecule has 4 nitrogen and oxygen atoms in total. The van der Waals surface area contributed by atoms with Gasteiger partial charge in [0.1, 0.15) is 6.10 Å². The molecular weight excluding hydrogens is 142 g/mol. The molecule has 3 N–H and O–H groups in total. The molecule has 60 valence electrons. The minimum atomic E-state index is 0.132. The average molecular weight is 153 g/mol. The van der Waals surface area contributed by atoms with Crippen molar-refractivity contribution in [2.45, 2.75) is 18.6 Å². The van der Waals surface area contributed by atoms with Gasteiger partial charge in [-0.1, -0.05) is 0 Å². The van der Waals surface area contributed by atoms with E-state index in [0.717, 1.165) is 12.1 Å². The summed E-state index contributed by atoms with van der Waals surface area (Å²) in [6, 6.07) is 0.184. The Kier molecular flexibility index (Phi) is 1.63. The third-order valence-corrected chi connectivity index (χ3v) is 1.89. The lowest BCUT2D eigenvalue weighted by Crippen LogP contribution is -2.18. The second kappa shape index (κ2) is 2.64. The number of nitrogens with one attached hydrogen (secondary N) is 1. The van der Waals surface area contributed by atoms with Crippen molar-refractivity contribution in [3.8, 4) is 0 Å². The van der Waals surface area contributed by atoms with Crippen molar-refractivity contribution in [1.29, 1.82) is 0 Å². The molecule has 2 atom stereocenters. The molecule has 0 radical (unpaired) electrons. The maximum atomic E-state index is 5.67. The molecular formula is C7H11N3O. The zero-order chi connectivity index (χ0) is 7.68. The van der Waals surface area contributed by atoms with E-state index in [-0.39, 0.29) is 12.1 Å². The molecule has 4 heteroatoms. The van der Waals surface area contributed by atoms with Crippen LogP contribution in [0.2, 0.25) is 0 Å². The van der Waals surface area contributed by atoms with Crippen molar-refractivity contribution >= 4 is 0 Å². The van der Waals surface area contributed by atoms with E-state index in [2.05, 4.69) is 9.97 Å². The predicted molar refractivity (Wildman–Crippen MR) is 39.9 cm³/mol. The number of hydrogen-bond acceptors (Lipinski definition) is 3. The van der Waals surface area contributed by atoms with E-state index >= 15 is 0 Å². The van der Waals surface area contributed by atoms with Gasteiger partial charge in [-0.25, -0.2) is 4.98 Å². The van der Waals surface area contributed by atoms with Crippen molar-refractivity contribution in [1.82, 2.24) is 9.97 Å². The standard InChI is InChI=1S/C7H11N3O/c8-5-1-7(11-3-5)6-2-9-4-10-6/h2,4-5,7H,1,3,8H2,(H,9,10)/t5-,7-/m1/s1. The van der Waals surface area contributed by atoms with Crippen LogP contribution in [0.15, 0.2) is 12.5 Å². The quantitative estimate of drug-likeness (QED) is 0.605. The molecule has 1 aromatic rings. The van der Waals surface area contributed by atoms with Gasteiger partial charge in [0.25, 0.3) is 0 Å². The maximum absolute atomic E-state index is 5.67. The summed E-state index contributed by atoms with van der Waals surface area (Å²) < 4.78 is 5.41. The minimum Gasteiger partial charge on any atom is -0.370 e. The second-order valence-corrected chi connectivity index (χ2v) is 2.82. The molecule has 11 heavy (non-hydrogen) atoms. The Morgan fingerprint density at radius 3 is 3.18 bits per heavy atom. The van der Waals surface area contributed by atoms with Gasteiger partial charge in [0, 0.05) is 6.04 Å². The van der Waals surface area contributed by atoms with Gasteiger partial charge in [0.2, 0.25) is 0 Å². The van der Waals surface area contributed by atoms with Crippen LogP contribution < -0.4 is 5.73 Å². The molecule has 0 saturated carbocycles. The average Bonchev–Trinajstić information content (AvgIpc) is 2.55. The van der Waals surface area contributed by atoms with Gasteiger partial charge < -0.3 is 15.5 Å². The summed E-state index contributed by atoms with van der Waals surface area (Å²) in [5.41, 5.74) is 6.70. The first-order valence-electron chi connectivity index (χ1n) is 3.71. The highest BCUT2D eigenvalue weighted by atomic mass is 16.5. The predicted octanol–water partition coefficient (Wildman–Crippen LogP) is 0.198. The van der Waals surface area contributed by atoms with E-state index in [9.17, 15) is 0 Å². The Labute approximate surface area is 64.8 Å². The van der Waals surface area contributed by atoms with Gasteiger partial charge >= 0.3 is 0 Å². The fourth-order valence-corrected chi connectivity index (χ4v) is 1.31. The van der Waals surface area contributed by atoms with Gasteiger partial charge in [0.15, 0.2) is 0 Å². The van der Waals surface area contributed by atoms with Gasteiger partial charge in [-0.05, 0) is 6.42 Å². The Bertz CT molecular complexity index is 222. The van der Waals surface area contributed by atoms with Crippen molar-refractivity contribution in [3.63, 3.8) is 0 Å². The molecule has 1 fully saturated rings. The third kappa shape index (κ3) is 1.27. The van der Waals surface area contributed by atoms with Crippen molar-refractivity contribution in [3.05, 3.63) is 18.2 Å². The normalized spacial score (nSPS) is 31.0. The van der Waals surface area contributed by atoms with Crippen LogP contribution in [-0.4, -0.2) is 22.6 Å². The molecule has 1 aliphatic rings. The summed E-state index contributed by atoms with van der Waals surface area (Å²) in [7, 11) is 0. The summed E-state index contributed by atoms with van der Waals surface area (Å²) in [4.78, 5) is 6.92. The van der Waals surface area contributed by atoms with Gasteiger partial charge in [-0.3, -0.25) is 0 Å². The fourth-order valence-electron chi connectivity index (χ4n) is 1.31. The number of imidazole rings is 1. The number of ether oxygens (including phenoxy) is 1. The molecule has 0 amide bonds. The molecule has 1 saturated heterocycles. The molecule has 0 spiro atoms. The first kappa shape index (κ1) is 6.82. The molecule has 2 rings (SSSR count). The molecule has 0 aliphatic carbocycles. The Hall–Kier alpha value is -0.870. The van der Waals surface area contributed by atoms with Gasteiger partial charge in [-0.15, -0.1) is 0 Å². The topological polar surface area (TPSA) is 63.9 Å². The first-order chi connectivity index (χ1) is 5.36. The van der Waals surface area contributed by atoms with Crippen LogP contribution in [0.4, 0.5) is 0 Å². The van der Waals surface area contributed by atoms with E-state index in [1.807, 2.05) is 0 Å². The SMILES string of the molecule is N[C@H]1CO[C@@H](c2cnc[nH]2)C1. The Balaban J connectivity index is 2.08. The summed E-state index contributed by atoms with van der Waals surface area (Å²) in [5, 5.41) is 0. The van der Waals surface area contributed by atoms with Gasteiger partial charge in [-0.2, -0.15) is 0 Å². The number of nitrogens with two attached hydrogens (primary N) is 1. The largest absolute Gasteiger partial charge is 0.370 e. The maximum Gasteiger partial charge on any atom is 0.100 e. The number of aromatic nitrogens is 2. The third-order valence-electron chi connectivity index (χ3n) is 1.89. The van der Waals surface area contributed by atoms with Crippen molar-refractivity contribution < 1.29 is 4.74 Å².